The number of aromatic nitrogens is 4. The minimum absolute atomic E-state index is 0.00788. The molecule has 0 bridgehead atoms. The molecule has 0 spiro atoms. The summed E-state index contributed by atoms with van der Waals surface area (Å²) in [4.78, 5) is 13.0. The van der Waals surface area contributed by atoms with Gasteiger partial charge in [-0.2, -0.15) is 4.80 Å². The highest BCUT2D eigenvalue weighted by molar-refractivity contribution is 5.75. The van der Waals surface area contributed by atoms with Gasteiger partial charge in [0.25, 0.3) is 0 Å². The van der Waals surface area contributed by atoms with E-state index in [1.165, 1.54) is 4.80 Å². The quantitative estimate of drug-likeness (QED) is 0.636. The van der Waals surface area contributed by atoms with Crippen LogP contribution < -0.4 is 14.8 Å². The van der Waals surface area contributed by atoms with Gasteiger partial charge in [0.05, 0.1) is 19.8 Å². The van der Waals surface area contributed by atoms with Gasteiger partial charge >= 0.3 is 0 Å². The lowest BCUT2D eigenvalue weighted by Gasteiger charge is -2.11. The SMILES string of the molecule is CCOc1ccc(-c2nnn(CC(=O)NCCOC)n2)cc1OCC. The summed E-state index contributed by atoms with van der Waals surface area (Å²) in [6, 6.07) is 5.43. The van der Waals surface area contributed by atoms with E-state index in [2.05, 4.69) is 20.7 Å². The van der Waals surface area contributed by atoms with Crippen LogP contribution in [0.1, 0.15) is 13.8 Å². The second-order valence-corrected chi connectivity index (χ2v) is 5.01. The van der Waals surface area contributed by atoms with Gasteiger partial charge in [0.2, 0.25) is 11.7 Å². The Morgan fingerprint density at radius 3 is 2.68 bits per heavy atom. The van der Waals surface area contributed by atoms with Gasteiger partial charge in [-0.05, 0) is 37.3 Å². The third-order valence-electron chi connectivity index (χ3n) is 3.17. The van der Waals surface area contributed by atoms with Gasteiger partial charge < -0.3 is 19.5 Å². The molecular weight excluding hydrogens is 326 g/mol. The normalized spacial score (nSPS) is 10.5. The number of amides is 1. The molecule has 0 aliphatic carbocycles. The molecule has 1 N–H and O–H groups in total. The predicted octanol–water partition coefficient (Wildman–Crippen LogP) is 0.900. The Morgan fingerprint density at radius 1 is 1.20 bits per heavy atom. The maximum absolute atomic E-state index is 11.8. The molecule has 0 saturated carbocycles. The van der Waals surface area contributed by atoms with Crippen molar-refractivity contribution in [3.63, 3.8) is 0 Å². The summed E-state index contributed by atoms with van der Waals surface area (Å²) in [6.45, 7) is 5.76. The van der Waals surface area contributed by atoms with Gasteiger partial charge in [-0.3, -0.25) is 4.79 Å². The van der Waals surface area contributed by atoms with Gasteiger partial charge in [-0.25, -0.2) is 0 Å². The Bertz CT molecular complexity index is 689. The smallest absolute Gasteiger partial charge is 0.243 e. The van der Waals surface area contributed by atoms with Crippen LogP contribution in [-0.4, -0.2) is 59.6 Å². The molecule has 1 aromatic carbocycles. The van der Waals surface area contributed by atoms with Gasteiger partial charge in [0, 0.05) is 19.2 Å². The molecule has 0 unspecified atom stereocenters. The van der Waals surface area contributed by atoms with Crippen molar-refractivity contribution >= 4 is 5.91 Å². The average Bonchev–Trinajstić information content (AvgIpc) is 3.05. The number of hydrogen-bond acceptors (Lipinski definition) is 7. The lowest BCUT2D eigenvalue weighted by atomic mass is 10.2. The number of carbonyl (C=O) groups excluding carboxylic acids is 1. The number of nitrogens with zero attached hydrogens (tertiary/aromatic N) is 4. The fourth-order valence-electron chi connectivity index (χ4n) is 2.09. The van der Waals surface area contributed by atoms with Crippen molar-refractivity contribution in [3.05, 3.63) is 18.2 Å². The second kappa shape index (κ2) is 9.58. The molecule has 0 aliphatic heterocycles. The summed E-state index contributed by atoms with van der Waals surface area (Å²) in [7, 11) is 1.57. The third-order valence-corrected chi connectivity index (χ3v) is 3.17. The first-order chi connectivity index (χ1) is 12.2. The second-order valence-electron chi connectivity index (χ2n) is 5.01. The largest absolute Gasteiger partial charge is 0.490 e. The van der Waals surface area contributed by atoms with E-state index in [-0.39, 0.29) is 12.5 Å². The van der Waals surface area contributed by atoms with E-state index >= 15 is 0 Å². The zero-order chi connectivity index (χ0) is 18.1. The fraction of sp³-hybridized carbons (Fsp3) is 0.500. The van der Waals surface area contributed by atoms with Crippen LogP contribution in [0, 0.1) is 0 Å². The van der Waals surface area contributed by atoms with Crippen LogP contribution >= 0.6 is 0 Å². The van der Waals surface area contributed by atoms with E-state index < -0.39 is 0 Å². The lowest BCUT2D eigenvalue weighted by molar-refractivity contribution is -0.122. The van der Waals surface area contributed by atoms with Crippen molar-refractivity contribution in [2.45, 2.75) is 20.4 Å². The van der Waals surface area contributed by atoms with Gasteiger partial charge in [0.1, 0.15) is 6.54 Å². The lowest BCUT2D eigenvalue weighted by Crippen LogP contribution is -2.31. The highest BCUT2D eigenvalue weighted by Gasteiger charge is 2.12. The van der Waals surface area contributed by atoms with Crippen LogP contribution in [0.2, 0.25) is 0 Å². The van der Waals surface area contributed by atoms with Crippen molar-refractivity contribution in [2.24, 2.45) is 0 Å². The Labute approximate surface area is 146 Å². The molecule has 0 atom stereocenters. The van der Waals surface area contributed by atoms with E-state index in [9.17, 15) is 4.79 Å². The number of nitrogens with one attached hydrogen (secondary N) is 1. The Morgan fingerprint density at radius 2 is 1.96 bits per heavy atom. The molecule has 136 valence electrons. The van der Waals surface area contributed by atoms with E-state index in [4.69, 9.17) is 14.2 Å². The molecule has 1 aromatic heterocycles. The molecule has 9 nitrogen and oxygen atoms in total. The number of tetrazole rings is 1. The maximum Gasteiger partial charge on any atom is 0.243 e. The molecule has 1 heterocycles. The summed E-state index contributed by atoms with van der Waals surface area (Å²) >= 11 is 0. The van der Waals surface area contributed by atoms with Crippen LogP contribution in [0.5, 0.6) is 11.5 Å². The summed E-state index contributed by atoms with van der Waals surface area (Å²) in [5.41, 5.74) is 0.734. The first-order valence-electron chi connectivity index (χ1n) is 8.11. The minimum Gasteiger partial charge on any atom is -0.490 e. The third kappa shape index (κ3) is 5.42. The van der Waals surface area contributed by atoms with Crippen molar-refractivity contribution in [1.82, 2.24) is 25.5 Å². The Kier molecular flexibility index (Phi) is 7.15. The minimum atomic E-state index is -0.206. The number of rotatable bonds is 10. The van der Waals surface area contributed by atoms with E-state index in [0.717, 1.165) is 5.56 Å². The van der Waals surface area contributed by atoms with Crippen LogP contribution in [0.25, 0.3) is 11.4 Å². The van der Waals surface area contributed by atoms with Crippen LogP contribution in [0.4, 0.5) is 0 Å². The molecule has 9 heteroatoms. The summed E-state index contributed by atoms with van der Waals surface area (Å²) < 4.78 is 16.0. The summed E-state index contributed by atoms with van der Waals surface area (Å²) in [5.74, 6) is 1.49. The highest BCUT2D eigenvalue weighted by Crippen LogP contribution is 2.31. The van der Waals surface area contributed by atoms with Gasteiger partial charge in [0.15, 0.2) is 11.5 Å². The molecule has 2 rings (SSSR count). The molecule has 2 aromatic rings. The van der Waals surface area contributed by atoms with E-state index in [1.807, 2.05) is 26.0 Å². The number of hydrogen-bond donors (Lipinski definition) is 1. The Balaban J connectivity index is 2.08. The predicted molar refractivity (Wildman–Crippen MR) is 90.5 cm³/mol. The van der Waals surface area contributed by atoms with Crippen molar-refractivity contribution in [3.8, 4) is 22.9 Å². The monoisotopic (exact) mass is 349 g/mol. The topological polar surface area (TPSA) is 100 Å². The van der Waals surface area contributed by atoms with Gasteiger partial charge in [-0.15, -0.1) is 10.2 Å². The van der Waals surface area contributed by atoms with E-state index in [1.54, 1.807) is 13.2 Å². The number of methoxy groups -OCH3 is 1. The van der Waals surface area contributed by atoms with Crippen molar-refractivity contribution in [2.75, 3.05) is 33.5 Å². The van der Waals surface area contributed by atoms with Gasteiger partial charge in [-0.1, -0.05) is 0 Å². The molecule has 0 saturated heterocycles. The number of benzene rings is 1. The Hall–Kier alpha value is -2.68. The van der Waals surface area contributed by atoms with Crippen LogP contribution in [0.3, 0.4) is 0 Å². The van der Waals surface area contributed by atoms with Crippen LogP contribution in [-0.2, 0) is 16.1 Å². The average molecular weight is 349 g/mol. The van der Waals surface area contributed by atoms with Crippen LogP contribution in [0.15, 0.2) is 18.2 Å². The highest BCUT2D eigenvalue weighted by atomic mass is 16.5. The molecular formula is C16H23N5O4. The van der Waals surface area contributed by atoms with E-state index in [0.29, 0.717) is 43.7 Å². The first-order valence-corrected chi connectivity index (χ1v) is 8.11. The molecule has 25 heavy (non-hydrogen) atoms. The molecule has 0 aliphatic rings. The zero-order valence-electron chi connectivity index (χ0n) is 14.7. The fourth-order valence-corrected chi connectivity index (χ4v) is 2.09. The maximum atomic E-state index is 11.8. The molecule has 0 fully saturated rings. The number of carbonyl (C=O) groups is 1. The molecule has 1 amide bonds. The van der Waals surface area contributed by atoms with Crippen molar-refractivity contribution < 1.29 is 19.0 Å². The number of ether oxygens (including phenoxy) is 3. The standard InChI is InChI=1S/C16H23N5O4/c1-4-24-13-7-6-12(10-14(13)25-5-2)16-18-20-21(19-16)11-15(22)17-8-9-23-3/h6-7,10H,4-5,8-9,11H2,1-3H3,(H,17,22). The zero-order valence-corrected chi connectivity index (χ0v) is 14.7. The molecule has 0 radical (unpaired) electrons. The summed E-state index contributed by atoms with van der Waals surface area (Å²) in [6.07, 6.45) is 0. The first kappa shape index (κ1) is 18.7. The van der Waals surface area contributed by atoms with Crippen molar-refractivity contribution in [1.29, 1.82) is 0 Å². The summed E-state index contributed by atoms with van der Waals surface area (Å²) in [5, 5.41) is 14.8.